The molecule has 0 saturated heterocycles. The highest BCUT2D eigenvalue weighted by Crippen LogP contribution is 2.18. The number of aromatic nitrogens is 4. The van der Waals surface area contributed by atoms with Crippen LogP contribution in [0.1, 0.15) is 22.8 Å². The van der Waals surface area contributed by atoms with Crippen LogP contribution in [0.25, 0.3) is 22.1 Å². The van der Waals surface area contributed by atoms with Crippen molar-refractivity contribution in [3.63, 3.8) is 0 Å². The zero-order chi connectivity index (χ0) is 17.6. The second kappa shape index (κ2) is 6.49. The molecule has 2 heterocycles. The van der Waals surface area contributed by atoms with Crippen LogP contribution in [-0.2, 0) is 6.42 Å². The molecular weight excluding hydrogens is 352 g/mol. The first kappa shape index (κ1) is 17.4. The van der Waals surface area contributed by atoms with Crippen molar-refractivity contribution in [1.29, 1.82) is 10.8 Å². The van der Waals surface area contributed by atoms with E-state index in [1.54, 1.807) is 12.1 Å². The Hall–Kier alpha value is -3.39. The Bertz CT molecular complexity index is 1050. The molecule has 0 radical (unpaired) electrons. The minimum Gasteiger partial charge on any atom is -1.00 e. The van der Waals surface area contributed by atoms with Crippen molar-refractivity contribution in [2.45, 2.75) is 6.42 Å². The lowest BCUT2D eigenvalue weighted by molar-refractivity contribution is -0.00000613. The quantitative estimate of drug-likeness (QED) is 0.194. The van der Waals surface area contributed by atoms with Gasteiger partial charge in [-0.25, -0.2) is 9.97 Å². The summed E-state index contributed by atoms with van der Waals surface area (Å²) in [5.74, 6) is 1.58. The van der Waals surface area contributed by atoms with E-state index < -0.39 is 0 Å². The summed E-state index contributed by atoms with van der Waals surface area (Å²) in [6.07, 6.45) is 0.508. The molecule has 0 amide bonds. The van der Waals surface area contributed by atoms with E-state index in [-0.39, 0.29) is 24.1 Å². The third-order valence-corrected chi connectivity index (χ3v) is 4.02. The maximum atomic E-state index is 7.51. The van der Waals surface area contributed by atoms with Gasteiger partial charge in [-0.15, -0.1) is 0 Å². The average molecular weight is 368 g/mol. The Morgan fingerprint density at radius 2 is 1.23 bits per heavy atom. The van der Waals surface area contributed by atoms with E-state index in [2.05, 4.69) is 19.9 Å². The molecule has 8 N–H and O–H groups in total. The number of hydrogen-bond donors (Lipinski definition) is 6. The van der Waals surface area contributed by atoms with Gasteiger partial charge in [-0.1, -0.05) is 0 Å². The highest BCUT2D eigenvalue weighted by atomic mass is 35.5. The van der Waals surface area contributed by atoms with Crippen LogP contribution in [0.3, 0.4) is 0 Å². The summed E-state index contributed by atoms with van der Waals surface area (Å²) in [5, 5.41) is 15.0. The molecule has 4 rings (SSSR count). The van der Waals surface area contributed by atoms with Crippen LogP contribution in [0, 0.1) is 10.8 Å². The molecule has 8 nitrogen and oxygen atoms in total. The van der Waals surface area contributed by atoms with Gasteiger partial charge in [-0.05, 0) is 36.4 Å². The number of hydrogen-bond acceptors (Lipinski definition) is 4. The lowest BCUT2D eigenvalue weighted by Crippen LogP contribution is -3.00. The Balaban J connectivity index is 0.00000196. The normalized spacial score (nSPS) is 10.8. The SMILES string of the molecule is N=C(N)c1ccc2nc(Cc3nc4ccc(C(=N)N)cc4[nH]3)[nH]c2c1.[Cl-]. The van der Waals surface area contributed by atoms with Crippen molar-refractivity contribution in [2.24, 2.45) is 11.5 Å². The van der Waals surface area contributed by atoms with Crippen LogP contribution < -0.4 is 23.9 Å². The fourth-order valence-electron chi connectivity index (χ4n) is 2.79. The summed E-state index contributed by atoms with van der Waals surface area (Å²) >= 11 is 0. The van der Waals surface area contributed by atoms with Crippen molar-refractivity contribution in [3.8, 4) is 0 Å². The maximum absolute atomic E-state index is 7.51. The van der Waals surface area contributed by atoms with E-state index in [0.29, 0.717) is 17.5 Å². The maximum Gasteiger partial charge on any atom is 0.122 e. The molecule has 2 aromatic carbocycles. The third kappa shape index (κ3) is 3.09. The second-order valence-corrected chi connectivity index (χ2v) is 5.83. The molecule has 0 bridgehead atoms. The summed E-state index contributed by atoms with van der Waals surface area (Å²) in [4.78, 5) is 15.6. The first-order chi connectivity index (χ1) is 12.0. The number of aromatic amines is 2. The van der Waals surface area contributed by atoms with E-state index in [0.717, 1.165) is 33.7 Å². The monoisotopic (exact) mass is 367 g/mol. The summed E-state index contributed by atoms with van der Waals surface area (Å²) < 4.78 is 0. The number of halogens is 1. The van der Waals surface area contributed by atoms with Gasteiger partial charge < -0.3 is 33.8 Å². The van der Waals surface area contributed by atoms with Gasteiger partial charge >= 0.3 is 0 Å². The molecule has 0 fully saturated rings. The fourth-order valence-corrected chi connectivity index (χ4v) is 2.79. The van der Waals surface area contributed by atoms with Crippen molar-refractivity contribution in [2.75, 3.05) is 0 Å². The van der Waals surface area contributed by atoms with E-state index in [4.69, 9.17) is 22.3 Å². The third-order valence-electron chi connectivity index (χ3n) is 4.02. The zero-order valence-corrected chi connectivity index (χ0v) is 14.4. The van der Waals surface area contributed by atoms with Gasteiger partial charge in [0.25, 0.3) is 0 Å². The minimum atomic E-state index is 0. The first-order valence-electron chi connectivity index (χ1n) is 7.65. The molecule has 26 heavy (non-hydrogen) atoms. The molecule has 0 spiro atoms. The number of nitrogens with zero attached hydrogens (tertiary/aromatic N) is 2. The minimum absolute atomic E-state index is 0. The Morgan fingerprint density at radius 3 is 1.62 bits per heavy atom. The lowest BCUT2D eigenvalue weighted by Gasteiger charge is -1.96. The van der Waals surface area contributed by atoms with Gasteiger partial charge in [0.1, 0.15) is 23.3 Å². The Labute approximate surface area is 154 Å². The van der Waals surface area contributed by atoms with Gasteiger partial charge in [0, 0.05) is 11.1 Å². The van der Waals surface area contributed by atoms with Gasteiger partial charge in [0.05, 0.1) is 28.5 Å². The molecule has 132 valence electrons. The molecule has 0 aliphatic rings. The molecule has 4 aromatic rings. The standard InChI is InChI=1S/C17H16N8.ClH/c18-16(19)8-1-3-10-12(5-8)24-14(22-10)7-15-23-11-4-2-9(17(20)21)6-13(11)25-15;/h1-6H,7H2,(H3,18,19)(H3,20,21)(H,22,24)(H,23,25);1H/p-1. The summed E-state index contributed by atoms with van der Waals surface area (Å²) in [6.45, 7) is 0. The van der Waals surface area contributed by atoms with E-state index in [9.17, 15) is 0 Å². The van der Waals surface area contributed by atoms with Crippen molar-refractivity contribution in [1.82, 2.24) is 19.9 Å². The molecule has 9 heteroatoms. The number of H-pyrrole nitrogens is 2. The number of amidine groups is 2. The van der Waals surface area contributed by atoms with E-state index in [1.165, 1.54) is 0 Å². The second-order valence-electron chi connectivity index (χ2n) is 5.83. The van der Waals surface area contributed by atoms with Crippen molar-refractivity contribution >= 4 is 33.7 Å². The summed E-state index contributed by atoms with van der Waals surface area (Å²) in [5.41, 5.74) is 15.6. The number of nitrogen functional groups attached to an aromatic ring is 2. The molecule has 2 aromatic heterocycles. The predicted molar refractivity (Wildman–Crippen MR) is 97.0 cm³/mol. The average Bonchev–Trinajstić information content (AvgIpc) is 3.15. The van der Waals surface area contributed by atoms with E-state index >= 15 is 0 Å². The largest absolute Gasteiger partial charge is 1.00 e. The molecule has 0 unspecified atom stereocenters. The number of nitrogens with two attached hydrogens (primary N) is 2. The number of fused-ring (bicyclic) bond motifs is 2. The smallest absolute Gasteiger partial charge is 0.122 e. The predicted octanol–water partition coefficient (Wildman–Crippen LogP) is -1.40. The van der Waals surface area contributed by atoms with Crippen LogP contribution in [0.15, 0.2) is 36.4 Å². The Morgan fingerprint density at radius 1 is 0.808 bits per heavy atom. The molecular formula is C17H16ClN8-. The topological polar surface area (TPSA) is 157 Å². The number of benzene rings is 2. The van der Waals surface area contributed by atoms with Crippen molar-refractivity contribution < 1.29 is 12.4 Å². The molecule has 0 aliphatic heterocycles. The first-order valence-corrected chi connectivity index (χ1v) is 7.65. The lowest BCUT2D eigenvalue weighted by atomic mass is 10.2. The van der Waals surface area contributed by atoms with Gasteiger partial charge in [0.2, 0.25) is 0 Å². The summed E-state index contributed by atoms with van der Waals surface area (Å²) in [6, 6.07) is 10.9. The molecule has 0 aliphatic carbocycles. The van der Waals surface area contributed by atoms with Gasteiger partial charge in [-0.2, -0.15) is 0 Å². The van der Waals surface area contributed by atoms with Crippen molar-refractivity contribution in [3.05, 3.63) is 59.2 Å². The molecule has 0 saturated carbocycles. The molecule has 0 atom stereocenters. The fraction of sp³-hybridized carbons (Fsp3) is 0.0588. The number of nitrogens with one attached hydrogen (secondary N) is 4. The van der Waals surface area contributed by atoms with Crippen LogP contribution in [0.4, 0.5) is 0 Å². The van der Waals surface area contributed by atoms with Crippen LogP contribution in [0.2, 0.25) is 0 Å². The number of imidazole rings is 2. The highest BCUT2D eigenvalue weighted by Gasteiger charge is 2.10. The van der Waals surface area contributed by atoms with Crippen LogP contribution >= 0.6 is 0 Å². The Kier molecular flexibility index (Phi) is 4.35. The van der Waals surface area contributed by atoms with Gasteiger partial charge in [0.15, 0.2) is 0 Å². The van der Waals surface area contributed by atoms with Gasteiger partial charge in [-0.3, -0.25) is 10.8 Å². The number of rotatable bonds is 4. The highest BCUT2D eigenvalue weighted by molar-refractivity contribution is 5.98. The van der Waals surface area contributed by atoms with E-state index in [1.807, 2.05) is 24.3 Å². The van der Waals surface area contributed by atoms with Crippen LogP contribution in [-0.4, -0.2) is 31.6 Å². The zero-order valence-electron chi connectivity index (χ0n) is 13.6. The summed E-state index contributed by atoms with van der Waals surface area (Å²) in [7, 11) is 0. The van der Waals surface area contributed by atoms with Crippen LogP contribution in [0.5, 0.6) is 0 Å².